The molecule has 1 heterocycles. The minimum Gasteiger partial charge on any atom is -0.497 e. The van der Waals surface area contributed by atoms with E-state index in [0.29, 0.717) is 39.5 Å². The first kappa shape index (κ1) is 25.8. The topological polar surface area (TPSA) is 98.1 Å². The van der Waals surface area contributed by atoms with Gasteiger partial charge in [-0.1, -0.05) is 29.4 Å². The van der Waals surface area contributed by atoms with Crippen LogP contribution in [0.5, 0.6) is 5.75 Å². The first-order valence-electron chi connectivity index (χ1n) is 10.2. The Morgan fingerprint density at radius 1 is 1.26 bits per heavy atom. The predicted molar refractivity (Wildman–Crippen MR) is 138 cm³/mol. The van der Waals surface area contributed by atoms with Crippen LogP contribution in [0, 0.1) is 0 Å². The van der Waals surface area contributed by atoms with Gasteiger partial charge >= 0.3 is 0 Å². The van der Waals surface area contributed by atoms with Gasteiger partial charge in [0.25, 0.3) is 5.91 Å². The van der Waals surface area contributed by atoms with E-state index >= 15 is 0 Å². The van der Waals surface area contributed by atoms with Crippen molar-refractivity contribution in [2.45, 2.75) is 24.7 Å². The summed E-state index contributed by atoms with van der Waals surface area (Å²) in [5, 5.41) is 15.2. The average molecular weight is 565 g/mol. The molecule has 1 atom stereocenters. The molecule has 2 aromatic carbocycles. The van der Waals surface area contributed by atoms with Crippen molar-refractivity contribution >= 4 is 56.8 Å². The maximum atomic E-state index is 12.6. The summed E-state index contributed by atoms with van der Waals surface area (Å²) < 4.78 is 7.70. The van der Waals surface area contributed by atoms with Gasteiger partial charge in [0, 0.05) is 22.3 Å². The van der Waals surface area contributed by atoms with Crippen molar-refractivity contribution in [3.8, 4) is 5.75 Å². The summed E-state index contributed by atoms with van der Waals surface area (Å²) in [5.74, 6) is 0.896. The standard InChI is InChI=1S/C23H23BrClN5O3S/c1-4-11-30-21(14(2)26-22(32)15-5-8-17(33-3)9-6-15)28-29-23(30)34-13-20(31)27-16-7-10-18(24)19(25)12-16/h4-10,12,14H,1,11,13H2,2-3H3,(H,26,32)(H,27,31)/t14-/m0/s1. The molecular formula is C23H23BrClN5O3S. The van der Waals surface area contributed by atoms with Crippen LogP contribution in [-0.4, -0.2) is 39.4 Å². The Bertz CT molecular complexity index is 1190. The lowest BCUT2D eigenvalue weighted by atomic mass is 10.2. The molecule has 3 rings (SSSR count). The van der Waals surface area contributed by atoms with Gasteiger partial charge < -0.3 is 19.9 Å². The third-order valence-electron chi connectivity index (χ3n) is 4.68. The van der Waals surface area contributed by atoms with Gasteiger partial charge in [0.15, 0.2) is 11.0 Å². The molecule has 11 heteroatoms. The second kappa shape index (κ2) is 12.0. The fourth-order valence-electron chi connectivity index (χ4n) is 3.02. The lowest BCUT2D eigenvalue weighted by molar-refractivity contribution is -0.113. The van der Waals surface area contributed by atoms with E-state index in [1.807, 2.05) is 11.5 Å². The normalized spacial score (nSPS) is 11.5. The Morgan fingerprint density at radius 3 is 2.65 bits per heavy atom. The Balaban J connectivity index is 1.65. The number of methoxy groups -OCH3 is 1. The first-order valence-corrected chi connectivity index (χ1v) is 12.3. The Hall–Kier alpha value is -2.82. The Kier molecular flexibility index (Phi) is 9.14. The smallest absolute Gasteiger partial charge is 0.251 e. The molecule has 0 bridgehead atoms. The van der Waals surface area contributed by atoms with E-state index in [4.69, 9.17) is 16.3 Å². The van der Waals surface area contributed by atoms with Gasteiger partial charge in [-0.15, -0.1) is 16.8 Å². The third kappa shape index (κ3) is 6.62. The summed E-state index contributed by atoms with van der Waals surface area (Å²) in [6, 6.07) is 11.6. The molecule has 0 aliphatic heterocycles. The molecule has 8 nitrogen and oxygen atoms in total. The second-order valence-corrected chi connectivity index (χ2v) is 9.33. The average Bonchev–Trinajstić information content (AvgIpc) is 3.23. The molecular weight excluding hydrogens is 542 g/mol. The summed E-state index contributed by atoms with van der Waals surface area (Å²) in [6.07, 6.45) is 1.71. The van der Waals surface area contributed by atoms with Crippen molar-refractivity contribution in [3.63, 3.8) is 0 Å². The fourth-order valence-corrected chi connectivity index (χ4v) is 4.20. The number of nitrogens with zero attached hydrogens (tertiary/aromatic N) is 3. The third-order valence-corrected chi connectivity index (χ3v) is 6.88. The highest BCUT2D eigenvalue weighted by atomic mass is 79.9. The molecule has 0 spiro atoms. The number of carbonyl (C=O) groups is 2. The lowest BCUT2D eigenvalue weighted by Gasteiger charge is -2.15. The number of carbonyl (C=O) groups excluding carboxylic acids is 2. The van der Waals surface area contributed by atoms with Crippen LogP contribution in [0.15, 0.2) is 64.7 Å². The number of halogens is 2. The van der Waals surface area contributed by atoms with Crippen LogP contribution in [0.25, 0.3) is 0 Å². The van der Waals surface area contributed by atoms with Crippen LogP contribution in [0.4, 0.5) is 5.69 Å². The van der Waals surface area contributed by atoms with Crippen LogP contribution in [-0.2, 0) is 11.3 Å². The number of ether oxygens (including phenoxy) is 1. The minimum absolute atomic E-state index is 0.121. The van der Waals surface area contributed by atoms with E-state index in [1.165, 1.54) is 11.8 Å². The number of rotatable bonds is 10. The number of hydrogen-bond donors (Lipinski definition) is 2. The van der Waals surface area contributed by atoms with Crippen molar-refractivity contribution in [3.05, 3.63) is 76.0 Å². The molecule has 1 aromatic heterocycles. The molecule has 3 aromatic rings. The molecule has 0 saturated carbocycles. The van der Waals surface area contributed by atoms with Crippen molar-refractivity contribution in [2.75, 3.05) is 18.2 Å². The quantitative estimate of drug-likeness (QED) is 0.262. The van der Waals surface area contributed by atoms with Gasteiger partial charge in [-0.2, -0.15) is 0 Å². The van der Waals surface area contributed by atoms with E-state index in [9.17, 15) is 9.59 Å². The molecule has 178 valence electrons. The zero-order chi connectivity index (χ0) is 24.7. The van der Waals surface area contributed by atoms with Crippen LogP contribution in [0.2, 0.25) is 5.02 Å². The second-order valence-electron chi connectivity index (χ2n) is 7.13. The number of aromatic nitrogens is 3. The molecule has 0 aliphatic rings. The summed E-state index contributed by atoms with van der Waals surface area (Å²) in [5.41, 5.74) is 1.10. The number of amides is 2. The largest absolute Gasteiger partial charge is 0.497 e. The number of allylic oxidation sites excluding steroid dienone is 1. The lowest BCUT2D eigenvalue weighted by Crippen LogP contribution is -2.28. The van der Waals surface area contributed by atoms with E-state index < -0.39 is 6.04 Å². The maximum Gasteiger partial charge on any atom is 0.251 e. The molecule has 0 aliphatic carbocycles. The van der Waals surface area contributed by atoms with Gasteiger partial charge in [-0.05, 0) is 65.3 Å². The molecule has 0 saturated heterocycles. The van der Waals surface area contributed by atoms with E-state index in [0.717, 1.165) is 4.47 Å². The number of anilines is 1. The SMILES string of the molecule is C=CCn1c(SCC(=O)Nc2ccc(Br)c(Cl)c2)nnc1[C@H](C)NC(=O)c1ccc(OC)cc1. The minimum atomic E-state index is -0.421. The van der Waals surface area contributed by atoms with Gasteiger partial charge in [-0.25, -0.2) is 0 Å². The number of hydrogen-bond acceptors (Lipinski definition) is 6. The highest BCUT2D eigenvalue weighted by molar-refractivity contribution is 9.10. The highest BCUT2D eigenvalue weighted by Gasteiger charge is 2.20. The molecule has 0 unspecified atom stereocenters. The first-order chi connectivity index (χ1) is 16.3. The summed E-state index contributed by atoms with van der Waals surface area (Å²) in [7, 11) is 1.57. The molecule has 2 amide bonds. The van der Waals surface area contributed by atoms with Gasteiger partial charge in [0.05, 0.1) is 23.9 Å². The monoisotopic (exact) mass is 563 g/mol. The fraction of sp³-hybridized carbons (Fsp3) is 0.217. The van der Waals surface area contributed by atoms with Gasteiger partial charge in [0.2, 0.25) is 5.91 Å². The highest BCUT2D eigenvalue weighted by Crippen LogP contribution is 2.26. The summed E-state index contributed by atoms with van der Waals surface area (Å²) in [4.78, 5) is 25.0. The predicted octanol–water partition coefficient (Wildman–Crippen LogP) is 5.11. The van der Waals surface area contributed by atoms with E-state index in [-0.39, 0.29) is 17.6 Å². The molecule has 0 fully saturated rings. The number of thioether (sulfide) groups is 1. The molecule has 34 heavy (non-hydrogen) atoms. The van der Waals surface area contributed by atoms with Crippen molar-refractivity contribution in [1.82, 2.24) is 20.1 Å². The van der Waals surface area contributed by atoms with Crippen molar-refractivity contribution < 1.29 is 14.3 Å². The van der Waals surface area contributed by atoms with Gasteiger partial charge in [0.1, 0.15) is 5.75 Å². The Morgan fingerprint density at radius 2 is 2.00 bits per heavy atom. The van der Waals surface area contributed by atoms with Crippen molar-refractivity contribution in [1.29, 1.82) is 0 Å². The van der Waals surface area contributed by atoms with Crippen molar-refractivity contribution in [2.24, 2.45) is 0 Å². The Labute approximate surface area is 215 Å². The van der Waals surface area contributed by atoms with Crippen LogP contribution >= 0.6 is 39.3 Å². The van der Waals surface area contributed by atoms with Crippen LogP contribution in [0.1, 0.15) is 29.1 Å². The molecule has 2 N–H and O–H groups in total. The molecule has 0 radical (unpaired) electrons. The summed E-state index contributed by atoms with van der Waals surface area (Å²) >= 11 is 10.6. The van der Waals surface area contributed by atoms with Crippen LogP contribution < -0.4 is 15.4 Å². The van der Waals surface area contributed by atoms with E-state index in [2.05, 4.69) is 43.3 Å². The van der Waals surface area contributed by atoms with E-state index in [1.54, 1.807) is 55.7 Å². The van der Waals surface area contributed by atoms with Crippen LogP contribution in [0.3, 0.4) is 0 Å². The maximum absolute atomic E-state index is 12.6. The number of benzene rings is 2. The zero-order valence-corrected chi connectivity index (χ0v) is 21.7. The summed E-state index contributed by atoms with van der Waals surface area (Å²) in [6.45, 7) is 6.04. The zero-order valence-electron chi connectivity index (χ0n) is 18.5. The van der Waals surface area contributed by atoms with Gasteiger partial charge in [-0.3, -0.25) is 9.59 Å². The number of nitrogens with one attached hydrogen (secondary N) is 2.